The summed E-state index contributed by atoms with van der Waals surface area (Å²) in [7, 11) is 0. The van der Waals surface area contributed by atoms with Crippen LogP contribution in [0.15, 0.2) is 0 Å². The first-order valence-electron chi connectivity index (χ1n) is 3.98. The summed E-state index contributed by atoms with van der Waals surface area (Å²) in [5.74, 6) is 1.35. The van der Waals surface area contributed by atoms with E-state index in [2.05, 4.69) is 25.6 Å². The van der Waals surface area contributed by atoms with Crippen molar-refractivity contribution in [2.24, 2.45) is 5.73 Å². The smallest absolute Gasteiger partial charge is 0.0108 e. The van der Waals surface area contributed by atoms with E-state index >= 15 is 0 Å². The first kappa shape index (κ1) is 8.41. The van der Waals surface area contributed by atoms with Crippen LogP contribution in [0.1, 0.15) is 33.1 Å². The maximum atomic E-state index is 5.90. The Bertz CT molecular complexity index is 100. The van der Waals surface area contributed by atoms with Crippen LogP contribution in [0.25, 0.3) is 0 Å². The van der Waals surface area contributed by atoms with Gasteiger partial charge in [0.2, 0.25) is 0 Å². The summed E-state index contributed by atoms with van der Waals surface area (Å²) in [6.07, 6.45) is 3.95. The lowest BCUT2D eigenvalue weighted by Gasteiger charge is -2.21. The van der Waals surface area contributed by atoms with Crippen molar-refractivity contribution in [2.75, 3.05) is 5.75 Å². The lowest BCUT2D eigenvalue weighted by molar-refractivity contribution is 0.462. The second kappa shape index (κ2) is 3.14. The average Bonchev–Trinajstić information content (AvgIpc) is 2.12. The molecule has 0 aromatic carbocycles. The lowest BCUT2D eigenvalue weighted by Crippen LogP contribution is -2.34. The van der Waals surface area contributed by atoms with Crippen LogP contribution in [0.5, 0.6) is 0 Å². The van der Waals surface area contributed by atoms with Gasteiger partial charge >= 0.3 is 0 Å². The average molecular weight is 159 g/mol. The Hall–Kier alpha value is 0.310. The largest absolute Gasteiger partial charge is 0.326 e. The van der Waals surface area contributed by atoms with Crippen LogP contribution >= 0.6 is 11.8 Å². The summed E-state index contributed by atoms with van der Waals surface area (Å²) in [6, 6.07) is 0. The summed E-state index contributed by atoms with van der Waals surface area (Å²) in [4.78, 5) is 0. The maximum Gasteiger partial charge on any atom is 0.0108 e. The van der Waals surface area contributed by atoms with E-state index in [1.54, 1.807) is 0 Å². The highest BCUT2D eigenvalue weighted by molar-refractivity contribution is 8.00. The molecule has 0 aromatic rings. The van der Waals surface area contributed by atoms with Gasteiger partial charge in [0.05, 0.1) is 0 Å². The van der Waals surface area contributed by atoms with Gasteiger partial charge in [0.1, 0.15) is 0 Å². The molecule has 0 aromatic heterocycles. The zero-order valence-electron chi connectivity index (χ0n) is 6.89. The van der Waals surface area contributed by atoms with Crippen LogP contribution in [0.2, 0.25) is 0 Å². The summed E-state index contributed by atoms with van der Waals surface area (Å²) in [5, 5.41) is 0.847. The molecule has 1 nitrogen and oxygen atoms in total. The van der Waals surface area contributed by atoms with E-state index in [0.29, 0.717) is 0 Å². The minimum Gasteiger partial charge on any atom is -0.326 e. The fourth-order valence-electron chi connectivity index (χ4n) is 1.39. The molecule has 1 aliphatic rings. The number of thioether (sulfide) groups is 1. The van der Waals surface area contributed by atoms with E-state index in [4.69, 9.17) is 5.73 Å². The van der Waals surface area contributed by atoms with Crippen molar-refractivity contribution in [1.82, 2.24) is 0 Å². The third-order valence-electron chi connectivity index (χ3n) is 1.78. The Morgan fingerprint density at radius 1 is 1.60 bits per heavy atom. The summed E-state index contributed by atoms with van der Waals surface area (Å²) < 4.78 is 0. The number of hydrogen-bond donors (Lipinski definition) is 1. The summed E-state index contributed by atoms with van der Waals surface area (Å²) >= 11 is 2.09. The molecular weight excluding hydrogens is 142 g/mol. The van der Waals surface area contributed by atoms with Gasteiger partial charge in [-0.15, -0.1) is 0 Å². The summed E-state index contributed by atoms with van der Waals surface area (Å²) in [5.41, 5.74) is 5.95. The van der Waals surface area contributed by atoms with Crippen molar-refractivity contribution in [2.45, 2.75) is 43.9 Å². The van der Waals surface area contributed by atoms with Gasteiger partial charge in [-0.05, 0) is 38.9 Å². The molecule has 2 N–H and O–H groups in total. The van der Waals surface area contributed by atoms with Crippen LogP contribution in [-0.2, 0) is 0 Å². The zero-order chi connectivity index (χ0) is 7.61. The molecule has 0 spiro atoms. The van der Waals surface area contributed by atoms with E-state index < -0.39 is 0 Å². The molecule has 1 fully saturated rings. The number of rotatable bonds is 2. The molecule has 0 saturated carbocycles. The molecule has 0 amide bonds. The van der Waals surface area contributed by atoms with Crippen LogP contribution in [0.3, 0.4) is 0 Å². The monoisotopic (exact) mass is 159 g/mol. The molecular formula is C8H17NS. The van der Waals surface area contributed by atoms with E-state index in [1.165, 1.54) is 25.0 Å². The second-order valence-corrected chi connectivity index (χ2v) is 5.24. The SMILES string of the molecule is CC(C)(N)CC1CCCS1. The molecule has 10 heavy (non-hydrogen) atoms. The predicted octanol–water partition coefficient (Wildman–Crippen LogP) is 2.01. The first-order valence-corrected chi connectivity index (χ1v) is 5.03. The van der Waals surface area contributed by atoms with Crippen molar-refractivity contribution < 1.29 is 0 Å². The maximum absolute atomic E-state index is 5.90. The van der Waals surface area contributed by atoms with Gasteiger partial charge in [-0.1, -0.05) is 0 Å². The Morgan fingerprint density at radius 2 is 2.30 bits per heavy atom. The van der Waals surface area contributed by atoms with E-state index in [0.717, 1.165) is 5.25 Å². The van der Waals surface area contributed by atoms with E-state index in [1.807, 2.05) is 0 Å². The highest BCUT2D eigenvalue weighted by Gasteiger charge is 2.22. The molecule has 0 bridgehead atoms. The van der Waals surface area contributed by atoms with Crippen molar-refractivity contribution in [1.29, 1.82) is 0 Å². The number of nitrogens with two attached hydrogens (primary N) is 1. The van der Waals surface area contributed by atoms with E-state index in [-0.39, 0.29) is 5.54 Å². The van der Waals surface area contributed by atoms with Crippen LogP contribution in [0, 0.1) is 0 Å². The minimum atomic E-state index is 0.0437. The molecule has 1 saturated heterocycles. The quantitative estimate of drug-likeness (QED) is 0.667. The number of hydrogen-bond acceptors (Lipinski definition) is 2. The van der Waals surface area contributed by atoms with Crippen molar-refractivity contribution in [3.05, 3.63) is 0 Å². The highest BCUT2D eigenvalue weighted by Crippen LogP contribution is 2.31. The molecule has 1 unspecified atom stereocenters. The fraction of sp³-hybridized carbons (Fsp3) is 1.00. The highest BCUT2D eigenvalue weighted by atomic mass is 32.2. The van der Waals surface area contributed by atoms with Crippen molar-refractivity contribution in [3.8, 4) is 0 Å². The van der Waals surface area contributed by atoms with Gasteiger partial charge in [-0.2, -0.15) is 11.8 Å². The zero-order valence-corrected chi connectivity index (χ0v) is 7.71. The molecule has 1 aliphatic heterocycles. The third kappa shape index (κ3) is 2.93. The molecule has 1 atom stereocenters. The van der Waals surface area contributed by atoms with Gasteiger partial charge in [0, 0.05) is 10.8 Å². The third-order valence-corrected chi connectivity index (χ3v) is 3.18. The molecule has 0 aliphatic carbocycles. The molecule has 1 rings (SSSR count). The van der Waals surface area contributed by atoms with Crippen LogP contribution in [-0.4, -0.2) is 16.5 Å². The van der Waals surface area contributed by atoms with Gasteiger partial charge in [0.15, 0.2) is 0 Å². The standard InChI is InChI=1S/C8H17NS/c1-8(2,9)6-7-4-3-5-10-7/h7H,3-6,9H2,1-2H3. The second-order valence-electron chi connectivity index (χ2n) is 3.83. The van der Waals surface area contributed by atoms with Gasteiger partial charge in [0.25, 0.3) is 0 Å². The summed E-state index contributed by atoms with van der Waals surface area (Å²) in [6.45, 7) is 4.23. The van der Waals surface area contributed by atoms with Gasteiger partial charge in [-0.25, -0.2) is 0 Å². The van der Waals surface area contributed by atoms with Gasteiger partial charge in [-0.3, -0.25) is 0 Å². The molecule has 2 heteroatoms. The Labute approximate surface area is 67.8 Å². The predicted molar refractivity (Wildman–Crippen MR) is 48.4 cm³/mol. The fourth-order valence-corrected chi connectivity index (χ4v) is 2.94. The van der Waals surface area contributed by atoms with Crippen LogP contribution < -0.4 is 5.73 Å². The minimum absolute atomic E-state index is 0.0437. The Morgan fingerprint density at radius 3 is 2.70 bits per heavy atom. The Balaban J connectivity index is 2.24. The van der Waals surface area contributed by atoms with Crippen molar-refractivity contribution >= 4 is 11.8 Å². The lowest BCUT2D eigenvalue weighted by atomic mass is 9.98. The first-order chi connectivity index (χ1) is 4.58. The van der Waals surface area contributed by atoms with Gasteiger partial charge < -0.3 is 5.73 Å². The van der Waals surface area contributed by atoms with Crippen molar-refractivity contribution in [3.63, 3.8) is 0 Å². The molecule has 60 valence electrons. The van der Waals surface area contributed by atoms with E-state index in [9.17, 15) is 0 Å². The Kier molecular flexibility index (Phi) is 2.64. The van der Waals surface area contributed by atoms with Crippen LogP contribution in [0.4, 0.5) is 0 Å². The molecule has 1 heterocycles. The topological polar surface area (TPSA) is 26.0 Å². The molecule has 0 radical (unpaired) electrons. The normalized spacial score (nSPS) is 27.3.